The molecule has 0 amide bonds. The highest BCUT2D eigenvalue weighted by Crippen LogP contribution is 2.19. The van der Waals surface area contributed by atoms with Crippen molar-refractivity contribution < 1.29 is 4.74 Å². The molecule has 0 spiro atoms. The Balaban J connectivity index is 2.29. The molecule has 1 aromatic heterocycles. The van der Waals surface area contributed by atoms with Crippen molar-refractivity contribution in [2.24, 2.45) is 0 Å². The maximum absolute atomic E-state index is 5.75. The molecule has 20 heavy (non-hydrogen) atoms. The number of anilines is 3. The molecule has 1 aromatic rings. The summed E-state index contributed by atoms with van der Waals surface area (Å²) in [5.41, 5.74) is 0. The Morgan fingerprint density at radius 3 is 2.40 bits per heavy atom. The van der Waals surface area contributed by atoms with Gasteiger partial charge in [-0.3, -0.25) is 0 Å². The molecule has 2 rings (SSSR count). The van der Waals surface area contributed by atoms with Gasteiger partial charge in [-0.2, -0.15) is 15.0 Å². The number of ether oxygens (including phenoxy) is 1. The normalized spacial score (nSPS) is 22.8. The van der Waals surface area contributed by atoms with Crippen LogP contribution in [0.2, 0.25) is 0 Å². The molecular formula is C13H24N6O. The molecule has 0 aromatic carbocycles. The van der Waals surface area contributed by atoms with Gasteiger partial charge < -0.3 is 19.9 Å². The first-order valence-corrected chi connectivity index (χ1v) is 7.07. The average molecular weight is 280 g/mol. The van der Waals surface area contributed by atoms with Gasteiger partial charge in [0.2, 0.25) is 17.8 Å². The van der Waals surface area contributed by atoms with E-state index in [0.29, 0.717) is 17.8 Å². The first kappa shape index (κ1) is 14.8. The van der Waals surface area contributed by atoms with Gasteiger partial charge in [0.25, 0.3) is 0 Å². The number of rotatable bonds is 4. The summed E-state index contributed by atoms with van der Waals surface area (Å²) in [5.74, 6) is 1.99. The van der Waals surface area contributed by atoms with E-state index in [1.807, 2.05) is 25.9 Å². The SMILES string of the molecule is CCNc1nc(N(C)C)nc(N2C[C@@H](C)O[C@@H](C)C2)n1. The minimum Gasteiger partial charge on any atom is -0.372 e. The lowest BCUT2D eigenvalue weighted by Crippen LogP contribution is -2.46. The van der Waals surface area contributed by atoms with Crippen LogP contribution in [0.4, 0.5) is 17.8 Å². The Hall–Kier alpha value is -1.63. The molecule has 0 aliphatic carbocycles. The predicted octanol–water partition coefficient (Wildman–Crippen LogP) is 0.983. The molecule has 2 atom stereocenters. The summed E-state index contributed by atoms with van der Waals surface area (Å²) in [6.45, 7) is 8.55. The minimum atomic E-state index is 0.181. The lowest BCUT2D eigenvalue weighted by molar-refractivity contribution is -0.00572. The van der Waals surface area contributed by atoms with Crippen molar-refractivity contribution in [1.29, 1.82) is 0 Å². The van der Waals surface area contributed by atoms with Gasteiger partial charge in [-0.05, 0) is 20.8 Å². The van der Waals surface area contributed by atoms with E-state index in [-0.39, 0.29) is 12.2 Å². The molecule has 0 unspecified atom stereocenters. The van der Waals surface area contributed by atoms with E-state index in [2.05, 4.69) is 39.0 Å². The average Bonchev–Trinajstić information content (AvgIpc) is 2.37. The highest BCUT2D eigenvalue weighted by Gasteiger charge is 2.25. The number of nitrogens with one attached hydrogen (secondary N) is 1. The van der Waals surface area contributed by atoms with E-state index < -0.39 is 0 Å². The third-order valence-corrected chi connectivity index (χ3v) is 3.05. The Morgan fingerprint density at radius 2 is 1.85 bits per heavy atom. The van der Waals surface area contributed by atoms with Crippen molar-refractivity contribution in [2.45, 2.75) is 33.0 Å². The van der Waals surface area contributed by atoms with Crippen LogP contribution in [0.15, 0.2) is 0 Å². The van der Waals surface area contributed by atoms with Crippen molar-refractivity contribution in [3.8, 4) is 0 Å². The second kappa shape index (κ2) is 6.21. The number of hydrogen-bond donors (Lipinski definition) is 1. The largest absolute Gasteiger partial charge is 0.372 e. The zero-order valence-corrected chi connectivity index (χ0v) is 12.9. The van der Waals surface area contributed by atoms with Crippen LogP contribution in [0.25, 0.3) is 0 Å². The molecule has 1 aliphatic heterocycles. The summed E-state index contributed by atoms with van der Waals surface area (Å²) in [6, 6.07) is 0. The van der Waals surface area contributed by atoms with Gasteiger partial charge in [-0.1, -0.05) is 0 Å². The summed E-state index contributed by atoms with van der Waals surface area (Å²) in [7, 11) is 3.86. The Labute approximate surface area is 120 Å². The quantitative estimate of drug-likeness (QED) is 0.882. The monoisotopic (exact) mass is 280 g/mol. The number of hydrogen-bond acceptors (Lipinski definition) is 7. The molecule has 2 heterocycles. The highest BCUT2D eigenvalue weighted by molar-refractivity contribution is 5.44. The Kier molecular flexibility index (Phi) is 4.59. The van der Waals surface area contributed by atoms with Crippen molar-refractivity contribution >= 4 is 17.8 Å². The third-order valence-electron chi connectivity index (χ3n) is 3.05. The van der Waals surface area contributed by atoms with Gasteiger partial charge in [-0.25, -0.2) is 0 Å². The summed E-state index contributed by atoms with van der Waals surface area (Å²) < 4.78 is 5.75. The molecule has 1 saturated heterocycles. The fourth-order valence-corrected chi connectivity index (χ4v) is 2.27. The summed E-state index contributed by atoms with van der Waals surface area (Å²) in [5, 5.41) is 3.16. The zero-order valence-electron chi connectivity index (χ0n) is 12.9. The van der Waals surface area contributed by atoms with Gasteiger partial charge in [0.05, 0.1) is 12.2 Å². The second-order valence-corrected chi connectivity index (χ2v) is 5.35. The summed E-state index contributed by atoms with van der Waals surface area (Å²) >= 11 is 0. The lowest BCUT2D eigenvalue weighted by Gasteiger charge is -2.35. The van der Waals surface area contributed by atoms with Crippen molar-refractivity contribution in [3.63, 3.8) is 0 Å². The van der Waals surface area contributed by atoms with Crippen LogP contribution >= 0.6 is 0 Å². The van der Waals surface area contributed by atoms with Crippen molar-refractivity contribution in [3.05, 3.63) is 0 Å². The van der Waals surface area contributed by atoms with Crippen LogP contribution in [0, 0.1) is 0 Å². The molecule has 1 fully saturated rings. The first-order valence-electron chi connectivity index (χ1n) is 7.07. The van der Waals surface area contributed by atoms with E-state index in [0.717, 1.165) is 19.6 Å². The van der Waals surface area contributed by atoms with E-state index in [1.54, 1.807) is 0 Å². The predicted molar refractivity (Wildman–Crippen MR) is 80.5 cm³/mol. The van der Waals surface area contributed by atoms with Gasteiger partial charge in [0.15, 0.2) is 0 Å². The molecule has 112 valence electrons. The van der Waals surface area contributed by atoms with Crippen LogP contribution in [-0.2, 0) is 4.74 Å². The lowest BCUT2D eigenvalue weighted by atomic mass is 10.2. The summed E-state index contributed by atoms with van der Waals surface area (Å²) in [6.07, 6.45) is 0.363. The van der Waals surface area contributed by atoms with E-state index in [4.69, 9.17) is 4.74 Å². The van der Waals surface area contributed by atoms with Crippen molar-refractivity contribution in [2.75, 3.05) is 48.8 Å². The fraction of sp³-hybridized carbons (Fsp3) is 0.769. The van der Waals surface area contributed by atoms with E-state index in [1.165, 1.54) is 0 Å². The van der Waals surface area contributed by atoms with E-state index in [9.17, 15) is 0 Å². The van der Waals surface area contributed by atoms with Crippen LogP contribution in [0.3, 0.4) is 0 Å². The van der Waals surface area contributed by atoms with Crippen LogP contribution in [-0.4, -0.2) is 60.9 Å². The zero-order chi connectivity index (χ0) is 14.7. The molecule has 1 N–H and O–H groups in total. The second-order valence-electron chi connectivity index (χ2n) is 5.35. The van der Waals surface area contributed by atoms with E-state index >= 15 is 0 Å². The van der Waals surface area contributed by atoms with Gasteiger partial charge in [0, 0.05) is 33.7 Å². The first-order chi connectivity index (χ1) is 9.49. The molecule has 0 bridgehead atoms. The Bertz CT molecular complexity index is 442. The molecule has 1 aliphatic rings. The standard InChI is InChI=1S/C13H24N6O/c1-6-14-11-15-12(18(4)5)17-13(16-11)19-7-9(2)20-10(3)8-19/h9-10H,6-8H2,1-5H3,(H,14,15,16,17)/t9-,10+. The smallest absolute Gasteiger partial charge is 0.232 e. The minimum absolute atomic E-state index is 0.181. The van der Waals surface area contributed by atoms with Crippen molar-refractivity contribution in [1.82, 2.24) is 15.0 Å². The third kappa shape index (κ3) is 3.47. The number of aromatic nitrogens is 3. The highest BCUT2D eigenvalue weighted by atomic mass is 16.5. The topological polar surface area (TPSA) is 66.4 Å². The molecule has 0 saturated carbocycles. The summed E-state index contributed by atoms with van der Waals surface area (Å²) in [4.78, 5) is 17.5. The number of morpholine rings is 1. The van der Waals surface area contributed by atoms with Gasteiger partial charge >= 0.3 is 0 Å². The van der Waals surface area contributed by atoms with Gasteiger partial charge in [-0.15, -0.1) is 0 Å². The maximum atomic E-state index is 5.75. The van der Waals surface area contributed by atoms with Crippen LogP contribution < -0.4 is 15.1 Å². The molecular weight excluding hydrogens is 256 g/mol. The van der Waals surface area contributed by atoms with Gasteiger partial charge in [0.1, 0.15) is 0 Å². The molecule has 0 radical (unpaired) electrons. The molecule has 7 heteroatoms. The Morgan fingerprint density at radius 1 is 1.20 bits per heavy atom. The molecule has 7 nitrogen and oxygen atoms in total. The number of nitrogens with zero attached hydrogens (tertiary/aromatic N) is 5. The van der Waals surface area contributed by atoms with Crippen LogP contribution in [0.5, 0.6) is 0 Å². The fourth-order valence-electron chi connectivity index (χ4n) is 2.27. The van der Waals surface area contributed by atoms with Crippen LogP contribution in [0.1, 0.15) is 20.8 Å². The maximum Gasteiger partial charge on any atom is 0.232 e.